The largest absolute Gasteiger partial charge is 0.477 e. The van der Waals surface area contributed by atoms with Gasteiger partial charge in [-0.1, -0.05) is 6.92 Å². The lowest BCUT2D eigenvalue weighted by molar-refractivity contribution is -0.124. The van der Waals surface area contributed by atoms with E-state index >= 15 is 0 Å². The molecule has 0 aliphatic heterocycles. The monoisotopic (exact) mass is 487 g/mol. The molecule has 0 radical (unpaired) electrons. The smallest absolute Gasteiger partial charge is 0.341 e. The number of hydrogen-bond acceptors (Lipinski definition) is 6. The van der Waals surface area contributed by atoms with Crippen molar-refractivity contribution in [1.29, 1.82) is 0 Å². The number of hydrogen-bond donors (Lipinski definition) is 1. The molecule has 1 aromatic carbocycles. The second-order valence-electron chi connectivity index (χ2n) is 9.82. The van der Waals surface area contributed by atoms with Gasteiger partial charge in [0, 0.05) is 29.9 Å². The molecule has 1 saturated carbocycles. The Bertz CT molecular complexity index is 1360. The maximum atomic E-state index is 13.5. The Balaban J connectivity index is 1.46. The van der Waals surface area contributed by atoms with E-state index in [0.29, 0.717) is 23.1 Å². The highest BCUT2D eigenvalue weighted by atomic mass is 16.4. The van der Waals surface area contributed by atoms with Gasteiger partial charge < -0.3 is 9.52 Å². The number of carbonyl (C=O) groups excluding carboxylic acids is 1. The molecule has 3 heterocycles. The van der Waals surface area contributed by atoms with Gasteiger partial charge in [0.1, 0.15) is 17.7 Å². The van der Waals surface area contributed by atoms with Gasteiger partial charge in [-0.15, -0.1) is 5.10 Å². The Kier molecular flexibility index (Phi) is 6.30. The number of furan rings is 1. The van der Waals surface area contributed by atoms with Crippen molar-refractivity contribution in [2.24, 2.45) is 11.8 Å². The van der Waals surface area contributed by atoms with Crippen LogP contribution in [-0.4, -0.2) is 42.8 Å². The average Bonchev–Trinajstić information content (AvgIpc) is 3.49. The Morgan fingerprint density at radius 2 is 1.86 bits per heavy atom. The van der Waals surface area contributed by atoms with E-state index in [2.05, 4.69) is 22.0 Å². The molecule has 1 aliphatic carbocycles. The third-order valence-electron chi connectivity index (χ3n) is 6.88. The van der Waals surface area contributed by atoms with E-state index in [1.807, 2.05) is 44.2 Å². The standard InChI is InChI=1S/C27H29N5O4/c1-16(2)32(26(33)19-6-4-17(3)5-7-19)24-22(27(34)35)14-31(30-24)21-10-8-18(9-11-21)23-12-20-13-28-15-29-25(20)36-23/h8-17,19H,4-7H2,1-3H3,(H,34,35). The van der Waals surface area contributed by atoms with Gasteiger partial charge in [0.2, 0.25) is 11.6 Å². The number of amides is 1. The summed E-state index contributed by atoms with van der Waals surface area (Å²) >= 11 is 0. The molecule has 0 bridgehead atoms. The molecular formula is C27H29N5O4. The minimum atomic E-state index is -1.12. The summed E-state index contributed by atoms with van der Waals surface area (Å²) in [6.07, 6.45) is 8.25. The molecule has 1 fully saturated rings. The highest BCUT2D eigenvalue weighted by molar-refractivity contribution is 6.01. The van der Waals surface area contributed by atoms with Crippen LogP contribution in [0, 0.1) is 11.8 Å². The van der Waals surface area contributed by atoms with Crippen LogP contribution in [0.2, 0.25) is 0 Å². The first-order valence-electron chi connectivity index (χ1n) is 12.3. The number of aromatic nitrogens is 4. The third kappa shape index (κ3) is 4.48. The summed E-state index contributed by atoms with van der Waals surface area (Å²) in [5.74, 6) is 0.179. The zero-order valence-corrected chi connectivity index (χ0v) is 20.6. The Morgan fingerprint density at radius 1 is 1.14 bits per heavy atom. The number of carboxylic acids is 1. The van der Waals surface area contributed by atoms with E-state index in [0.717, 1.165) is 36.6 Å². The first-order chi connectivity index (χ1) is 17.3. The van der Waals surface area contributed by atoms with E-state index < -0.39 is 5.97 Å². The van der Waals surface area contributed by atoms with Crippen LogP contribution in [0.1, 0.15) is 56.8 Å². The van der Waals surface area contributed by atoms with Gasteiger partial charge in [-0.05, 0) is 75.8 Å². The summed E-state index contributed by atoms with van der Waals surface area (Å²) in [5, 5.41) is 15.3. The average molecular weight is 488 g/mol. The molecule has 0 spiro atoms. The van der Waals surface area contributed by atoms with Gasteiger partial charge >= 0.3 is 5.97 Å². The van der Waals surface area contributed by atoms with Crippen molar-refractivity contribution in [1.82, 2.24) is 19.7 Å². The number of rotatable bonds is 6. The van der Waals surface area contributed by atoms with Crippen molar-refractivity contribution >= 4 is 28.8 Å². The fourth-order valence-electron chi connectivity index (χ4n) is 4.84. The van der Waals surface area contributed by atoms with Crippen molar-refractivity contribution in [3.05, 3.63) is 54.6 Å². The second-order valence-corrected chi connectivity index (χ2v) is 9.82. The number of aromatic carboxylic acids is 1. The zero-order valence-electron chi connectivity index (χ0n) is 20.6. The molecule has 0 atom stereocenters. The summed E-state index contributed by atoms with van der Waals surface area (Å²) in [7, 11) is 0. The Morgan fingerprint density at radius 3 is 2.50 bits per heavy atom. The topological polar surface area (TPSA) is 114 Å². The summed E-state index contributed by atoms with van der Waals surface area (Å²) in [6, 6.07) is 9.06. The van der Waals surface area contributed by atoms with Crippen molar-refractivity contribution in [2.75, 3.05) is 4.90 Å². The number of fused-ring (bicyclic) bond motifs is 1. The molecule has 1 amide bonds. The summed E-state index contributed by atoms with van der Waals surface area (Å²) < 4.78 is 7.32. The van der Waals surface area contributed by atoms with Crippen LogP contribution in [0.5, 0.6) is 0 Å². The summed E-state index contributed by atoms with van der Waals surface area (Å²) in [4.78, 5) is 35.3. The van der Waals surface area contributed by atoms with Crippen molar-refractivity contribution < 1.29 is 19.1 Å². The number of benzene rings is 1. The van der Waals surface area contributed by atoms with E-state index in [9.17, 15) is 14.7 Å². The Hall–Kier alpha value is -4.01. The lowest BCUT2D eigenvalue weighted by atomic mass is 9.82. The maximum Gasteiger partial charge on any atom is 0.341 e. The lowest BCUT2D eigenvalue weighted by Crippen LogP contribution is -2.43. The molecule has 1 N–H and O–H groups in total. The van der Waals surface area contributed by atoms with E-state index in [4.69, 9.17) is 4.42 Å². The van der Waals surface area contributed by atoms with E-state index in [1.54, 1.807) is 11.1 Å². The SMILES string of the molecule is CC1CCC(C(=O)N(c2nn(-c3ccc(-c4cc5cncnc5o4)cc3)cc2C(=O)O)C(C)C)CC1. The van der Waals surface area contributed by atoms with Crippen LogP contribution in [-0.2, 0) is 4.79 Å². The fourth-order valence-corrected chi connectivity index (χ4v) is 4.84. The van der Waals surface area contributed by atoms with Crippen LogP contribution >= 0.6 is 0 Å². The first kappa shape index (κ1) is 23.7. The van der Waals surface area contributed by atoms with Crippen molar-refractivity contribution in [3.8, 4) is 17.0 Å². The van der Waals surface area contributed by atoms with Gasteiger partial charge in [-0.2, -0.15) is 0 Å². The quantitative estimate of drug-likeness (QED) is 0.390. The molecule has 0 unspecified atom stereocenters. The normalized spacial score (nSPS) is 18.0. The molecule has 3 aromatic heterocycles. The van der Waals surface area contributed by atoms with Gasteiger partial charge in [0.25, 0.3) is 0 Å². The van der Waals surface area contributed by atoms with E-state index in [-0.39, 0.29) is 29.2 Å². The van der Waals surface area contributed by atoms with Crippen LogP contribution in [0.3, 0.4) is 0 Å². The highest BCUT2D eigenvalue weighted by Crippen LogP contribution is 2.33. The predicted molar refractivity (Wildman–Crippen MR) is 135 cm³/mol. The third-order valence-corrected chi connectivity index (χ3v) is 6.88. The highest BCUT2D eigenvalue weighted by Gasteiger charge is 2.34. The number of nitrogens with zero attached hydrogens (tertiary/aromatic N) is 5. The molecule has 4 aromatic rings. The second kappa shape index (κ2) is 9.56. The minimum Gasteiger partial charge on any atom is -0.477 e. The maximum absolute atomic E-state index is 13.5. The molecule has 9 heteroatoms. The number of carbonyl (C=O) groups is 2. The van der Waals surface area contributed by atoms with Crippen LogP contribution in [0.25, 0.3) is 28.1 Å². The molecule has 186 valence electrons. The van der Waals surface area contributed by atoms with Crippen LogP contribution < -0.4 is 4.90 Å². The van der Waals surface area contributed by atoms with Crippen LogP contribution in [0.15, 0.2) is 53.5 Å². The van der Waals surface area contributed by atoms with Gasteiger partial charge in [0.05, 0.1) is 11.1 Å². The molecule has 9 nitrogen and oxygen atoms in total. The molecule has 36 heavy (non-hydrogen) atoms. The molecule has 1 aliphatic rings. The fraction of sp³-hybridized carbons (Fsp3) is 0.370. The summed E-state index contributed by atoms with van der Waals surface area (Å²) in [5.41, 5.74) is 2.03. The van der Waals surface area contributed by atoms with Gasteiger partial charge in [-0.3, -0.25) is 9.69 Å². The summed E-state index contributed by atoms with van der Waals surface area (Å²) in [6.45, 7) is 5.99. The first-order valence-corrected chi connectivity index (χ1v) is 12.3. The van der Waals surface area contributed by atoms with E-state index in [1.165, 1.54) is 17.2 Å². The minimum absolute atomic E-state index is 0.00108. The Labute approximate surface area is 208 Å². The van der Waals surface area contributed by atoms with Gasteiger partial charge in [0.15, 0.2) is 5.82 Å². The van der Waals surface area contributed by atoms with Gasteiger partial charge in [-0.25, -0.2) is 19.4 Å². The number of anilines is 1. The number of carboxylic acid groups (broad SMARTS) is 1. The zero-order chi connectivity index (χ0) is 25.4. The molecular weight excluding hydrogens is 458 g/mol. The van der Waals surface area contributed by atoms with Crippen LogP contribution in [0.4, 0.5) is 5.82 Å². The molecule has 5 rings (SSSR count). The lowest BCUT2D eigenvalue weighted by Gasteiger charge is -2.32. The molecule has 0 saturated heterocycles. The van der Waals surface area contributed by atoms with Crippen molar-refractivity contribution in [3.63, 3.8) is 0 Å². The van der Waals surface area contributed by atoms with Crippen molar-refractivity contribution in [2.45, 2.75) is 52.5 Å². The predicted octanol–water partition coefficient (Wildman–Crippen LogP) is 5.34.